The molecule has 2 aromatic carbocycles. The number of halogens is 1. The molecule has 2 rings (SSSR count). The molecule has 2 aromatic rings. The Hall–Kier alpha value is -1.37. The van der Waals surface area contributed by atoms with Crippen LogP contribution >= 0.6 is 15.9 Å². The van der Waals surface area contributed by atoms with Gasteiger partial charge in [-0.2, -0.15) is 0 Å². The van der Waals surface area contributed by atoms with Crippen LogP contribution in [0.5, 0.6) is 0 Å². The first-order valence-electron chi connectivity index (χ1n) is 6.45. The summed E-state index contributed by atoms with van der Waals surface area (Å²) in [5.41, 5.74) is 2.35. The van der Waals surface area contributed by atoms with Crippen LogP contribution in [0.4, 0.5) is 5.69 Å². The first-order chi connectivity index (χ1) is 9.94. The van der Waals surface area contributed by atoms with Gasteiger partial charge in [-0.3, -0.25) is 4.72 Å². The summed E-state index contributed by atoms with van der Waals surface area (Å²) >= 11 is 3.40. The predicted molar refractivity (Wildman–Crippen MR) is 88.9 cm³/mol. The number of sulfonamides is 1. The number of rotatable bonds is 5. The molecule has 0 aliphatic heterocycles. The largest absolute Gasteiger partial charge is 0.316 e. The van der Waals surface area contributed by atoms with Crippen LogP contribution in [-0.2, 0) is 16.6 Å². The van der Waals surface area contributed by atoms with Crippen molar-refractivity contribution in [3.63, 3.8) is 0 Å². The van der Waals surface area contributed by atoms with Crippen molar-refractivity contribution in [3.05, 3.63) is 58.1 Å². The Kier molecular flexibility index (Phi) is 5.03. The van der Waals surface area contributed by atoms with Crippen LogP contribution in [0.15, 0.2) is 51.8 Å². The third-order valence-corrected chi connectivity index (χ3v) is 5.32. The molecule has 0 radical (unpaired) electrons. The average Bonchev–Trinajstić information content (AvgIpc) is 2.44. The van der Waals surface area contributed by atoms with Crippen molar-refractivity contribution in [2.24, 2.45) is 0 Å². The molecule has 0 bridgehead atoms. The number of nitrogens with one attached hydrogen (secondary N) is 2. The van der Waals surface area contributed by atoms with E-state index >= 15 is 0 Å². The van der Waals surface area contributed by atoms with Gasteiger partial charge >= 0.3 is 0 Å². The molecule has 0 aromatic heterocycles. The Balaban J connectivity index is 2.34. The van der Waals surface area contributed by atoms with E-state index in [2.05, 4.69) is 26.0 Å². The molecule has 0 unspecified atom stereocenters. The quantitative estimate of drug-likeness (QED) is 0.851. The molecule has 0 saturated carbocycles. The molecule has 21 heavy (non-hydrogen) atoms. The van der Waals surface area contributed by atoms with E-state index in [1.54, 1.807) is 30.3 Å². The highest BCUT2D eigenvalue weighted by Crippen LogP contribution is 2.26. The fraction of sp³-hybridized carbons (Fsp3) is 0.200. The standard InChI is InChI=1S/C15H17BrN2O2S/c1-11-14(16)7-4-8-15(11)18-21(19,20)13-6-3-5-12(9-13)10-17-2/h3-9,17-18H,10H2,1-2H3. The van der Waals surface area contributed by atoms with Crippen molar-refractivity contribution in [1.82, 2.24) is 5.32 Å². The van der Waals surface area contributed by atoms with Crippen LogP contribution in [0.1, 0.15) is 11.1 Å². The van der Waals surface area contributed by atoms with E-state index in [1.807, 2.05) is 26.1 Å². The van der Waals surface area contributed by atoms with Crippen molar-refractivity contribution in [2.45, 2.75) is 18.4 Å². The molecule has 0 aliphatic carbocycles. The predicted octanol–water partition coefficient (Wildman–Crippen LogP) is 3.28. The lowest BCUT2D eigenvalue weighted by Crippen LogP contribution is -2.14. The van der Waals surface area contributed by atoms with E-state index in [1.165, 1.54) is 0 Å². The maximum absolute atomic E-state index is 12.5. The molecule has 6 heteroatoms. The molecule has 2 N–H and O–H groups in total. The topological polar surface area (TPSA) is 58.2 Å². The lowest BCUT2D eigenvalue weighted by Gasteiger charge is -2.12. The van der Waals surface area contributed by atoms with E-state index in [-0.39, 0.29) is 4.90 Å². The number of anilines is 1. The maximum atomic E-state index is 12.5. The molecule has 0 heterocycles. The summed E-state index contributed by atoms with van der Waals surface area (Å²) in [5.74, 6) is 0. The molecule has 4 nitrogen and oxygen atoms in total. The SMILES string of the molecule is CNCc1cccc(S(=O)(=O)Nc2cccc(Br)c2C)c1. The van der Waals surface area contributed by atoms with E-state index < -0.39 is 10.0 Å². The zero-order valence-corrected chi connectivity index (χ0v) is 14.3. The zero-order valence-electron chi connectivity index (χ0n) is 11.9. The van der Waals surface area contributed by atoms with Gasteiger partial charge in [0.05, 0.1) is 10.6 Å². The minimum absolute atomic E-state index is 0.259. The van der Waals surface area contributed by atoms with Gasteiger partial charge in [-0.1, -0.05) is 34.1 Å². The number of hydrogen-bond acceptors (Lipinski definition) is 3. The Morgan fingerprint density at radius 2 is 1.86 bits per heavy atom. The van der Waals surface area contributed by atoms with Crippen LogP contribution < -0.4 is 10.0 Å². The van der Waals surface area contributed by atoms with Gasteiger partial charge in [0.15, 0.2) is 0 Å². The van der Waals surface area contributed by atoms with Gasteiger partial charge in [0, 0.05) is 11.0 Å². The highest BCUT2D eigenvalue weighted by atomic mass is 79.9. The Bertz CT molecular complexity index is 745. The average molecular weight is 369 g/mol. The van der Waals surface area contributed by atoms with Crippen LogP contribution in [0.3, 0.4) is 0 Å². The maximum Gasteiger partial charge on any atom is 0.261 e. The monoisotopic (exact) mass is 368 g/mol. The van der Waals surface area contributed by atoms with Crippen molar-refractivity contribution < 1.29 is 8.42 Å². The van der Waals surface area contributed by atoms with Gasteiger partial charge < -0.3 is 5.32 Å². The smallest absolute Gasteiger partial charge is 0.261 e. The Labute approximate surface area is 133 Å². The van der Waals surface area contributed by atoms with Gasteiger partial charge in [-0.05, 0) is 49.4 Å². The first kappa shape index (κ1) is 16.0. The summed E-state index contributed by atoms with van der Waals surface area (Å²) in [5, 5.41) is 3.01. The second kappa shape index (κ2) is 6.60. The van der Waals surface area contributed by atoms with Gasteiger partial charge in [0.2, 0.25) is 0 Å². The summed E-state index contributed by atoms with van der Waals surface area (Å²) in [4.78, 5) is 0.259. The van der Waals surface area contributed by atoms with E-state index in [4.69, 9.17) is 0 Å². The third kappa shape index (κ3) is 3.84. The summed E-state index contributed by atoms with van der Waals surface area (Å²) < 4.78 is 28.5. The lowest BCUT2D eigenvalue weighted by molar-refractivity contribution is 0.601. The first-order valence-corrected chi connectivity index (χ1v) is 8.73. The van der Waals surface area contributed by atoms with Crippen molar-refractivity contribution >= 4 is 31.6 Å². The Morgan fingerprint density at radius 3 is 2.57 bits per heavy atom. The molecule has 0 atom stereocenters. The molecule has 0 amide bonds. The second-order valence-electron chi connectivity index (χ2n) is 4.70. The van der Waals surface area contributed by atoms with Crippen LogP contribution in [0.25, 0.3) is 0 Å². The fourth-order valence-corrected chi connectivity index (χ4v) is 3.51. The molecule has 0 fully saturated rings. The molecule has 0 aliphatic rings. The van der Waals surface area contributed by atoms with Crippen molar-refractivity contribution in [1.29, 1.82) is 0 Å². The van der Waals surface area contributed by atoms with Gasteiger partial charge in [0.25, 0.3) is 10.0 Å². The minimum Gasteiger partial charge on any atom is -0.316 e. The molecule has 112 valence electrons. The van der Waals surface area contributed by atoms with Gasteiger partial charge in [-0.25, -0.2) is 8.42 Å². The van der Waals surface area contributed by atoms with Gasteiger partial charge in [-0.15, -0.1) is 0 Å². The number of benzene rings is 2. The van der Waals surface area contributed by atoms with Crippen LogP contribution in [0.2, 0.25) is 0 Å². The zero-order chi connectivity index (χ0) is 15.5. The van der Waals surface area contributed by atoms with Crippen LogP contribution in [0, 0.1) is 6.92 Å². The summed E-state index contributed by atoms with van der Waals surface area (Å²) in [7, 11) is -1.77. The van der Waals surface area contributed by atoms with Gasteiger partial charge in [0.1, 0.15) is 0 Å². The summed E-state index contributed by atoms with van der Waals surface area (Å²) in [6.07, 6.45) is 0. The summed E-state index contributed by atoms with van der Waals surface area (Å²) in [6.45, 7) is 2.48. The normalized spacial score (nSPS) is 11.4. The van der Waals surface area contributed by atoms with E-state index in [0.29, 0.717) is 12.2 Å². The molecular weight excluding hydrogens is 352 g/mol. The Morgan fingerprint density at radius 1 is 1.14 bits per heavy atom. The van der Waals surface area contributed by atoms with Crippen molar-refractivity contribution in [3.8, 4) is 0 Å². The number of hydrogen-bond donors (Lipinski definition) is 2. The molecule has 0 spiro atoms. The minimum atomic E-state index is -3.59. The lowest BCUT2D eigenvalue weighted by atomic mass is 10.2. The summed E-state index contributed by atoms with van der Waals surface area (Å²) in [6, 6.07) is 12.3. The highest BCUT2D eigenvalue weighted by Gasteiger charge is 2.16. The fourth-order valence-electron chi connectivity index (χ4n) is 1.95. The third-order valence-electron chi connectivity index (χ3n) is 3.10. The van der Waals surface area contributed by atoms with Crippen molar-refractivity contribution in [2.75, 3.05) is 11.8 Å². The second-order valence-corrected chi connectivity index (χ2v) is 7.23. The van der Waals surface area contributed by atoms with E-state index in [0.717, 1.165) is 15.6 Å². The highest BCUT2D eigenvalue weighted by molar-refractivity contribution is 9.10. The van der Waals surface area contributed by atoms with Crippen LogP contribution in [-0.4, -0.2) is 15.5 Å². The molecule has 0 saturated heterocycles. The van der Waals surface area contributed by atoms with E-state index in [9.17, 15) is 8.42 Å². The molecular formula is C15H17BrN2O2S.